The van der Waals surface area contributed by atoms with Crippen LogP contribution in [-0.2, 0) is 10.8 Å². The molecule has 16 heavy (non-hydrogen) atoms. The average molecular weight is 240 g/mol. The average Bonchev–Trinajstić information content (AvgIpc) is 2.19. The van der Waals surface area contributed by atoms with Gasteiger partial charge in [-0.1, -0.05) is 0 Å². The highest BCUT2D eigenvalue weighted by Gasteiger charge is 2.05. The van der Waals surface area contributed by atoms with Gasteiger partial charge in [0.2, 0.25) is 0 Å². The third-order valence-electron chi connectivity index (χ3n) is 2.49. The van der Waals surface area contributed by atoms with Crippen molar-refractivity contribution in [1.82, 2.24) is 0 Å². The number of nitrogens with two attached hydrogens (primary N) is 1. The second kappa shape index (κ2) is 5.89. The minimum absolute atomic E-state index is 0.325. The van der Waals surface area contributed by atoms with Gasteiger partial charge in [0.1, 0.15) is 0 Å². The van der Waals surface area contributed by atoms with Crippen molar-refractivity contribution >= 4 is 22.2 Å². The molecule has 0 aliphatic rings. The summed E-state index contributed by atoms with van der Waals surface area (Å²) in [5.41, 5.74) is 8.72. The standard InChI is InChI=1S/C12H20N2OS/c1-9-8-11(13)4-5-12(9)14-10(2)6-7-16(3)15/h4-5,8,10,14H,6-7,13H2,1-3H3. The third-order valence-corrected chi connectivity index (χ3v) is 3.30. The summed E-state index contributed by atoms with van der Waals surface area (Å²) in [7, 11) is -0.713. The van der Waals surface area contributed by atoms with Gasteiger partial charge < -0.3 is 11.1 Å². The summed E-state index contributed by atoms with van der Waals surface area (Å²) in [6, 6.07) is 6.16. The van der Waals surface area contributed by atoms with Crippen LogP contribution in [0.2, 0.25) is 0 Å². The minimum atomic E-state index is -0.713. The van der Waals surface area contributed by atoms with Crippen LogP contribution < -0.4 is 11.1 Å². The van der Waals surface area contributed by atoms with Gasteiger partial charge in [-0.25, -0.2) is 0 Å². The van der Waals surface area contributed by atoms with Crippen LogP contribution in [0.25, 0.3) is 0 Å². The molecule has 0 amide bonds. The van der Waals surface area contributed by atoms with Crippen LogP contribution >= 0.6 is 0 Å². The van der Waals surface area contributed by atoms with E-state index in [1.807, 2.05) is 25.1 Å². The van der Waals surface area contributed by atoms with Gasteiger partial charge in [0.15, 0.2) is 0 Å². The predicted molar refractivity (Wildman–Crippen MR) is 72.2 cm³/mol. The number of nitrogens with one attached hydrogen (secondary N) is 1. The summed E-state index contributed by atoms with van der Waals surface area (Å²) in [5, 5.41) is 3.40. The van der Waals surface area contributed by atoms with Crippen LogP contribution in [0.1, 0.15) is 18.9 Å². The van der Waals surface area contributed by atoms with Crippen LogP contribution in [0.15, 0.2) is 18.2 Å². The van der Waals surface area contributed by atoms with Crippen LogP contribution in [0.4, 0.5) is 11.4 Å². The van der Waals surface area contributed by atoms with Gasteiger partial charge in [-0.15, -0.1) is 0 Å². The fourth-order valence-electron chi connectivity index (χ4n) is 1.53. The highest BCUT2D eigenvalue weighted by Crippen LogP contribution is 2.18. The van der Waals surface area contributed by atoms with Crippen molar-refractivity contribution < 1.29 is 4.21 Å². The second-order valence-corrected chi connectivity index (χ2v) is 5.74. The van der Waals surface area contributed by atoms with Crippen LogP contribution in [0.3, 0.4) is 0 Å². The Morgan fingerprint density at radius 3 is 2.75 bits per heavy atom. The molecule has 0 aliphatic carbocycles. The topological polar surface area (TPSA) is 55.1 Å². The summed E-state index contributed by atoms with van der Waals surface area (Å²) in [4.78, 5) is 0. The second-order valence-electron chi connectivity index (χ2n) is 4.19. The molecule has 0 spiro atoms. The molecule has 2 atom stereocenters. The fraction of sp³-hybridized carbons (Fsp3) is 0.500. The zero-order valence-corrected chi connectivity index (χ0v) is 10.9. The van der Waals surface area contributed by atoms with Gasteiger partial charge in [0.25, 0.3) is 0 Å². The Balaban J connectivity index is 2.55. The van der Waals surface area contributed by atoms with Crippen LogP contribution in [-0.4, -0.2) is 22.3 Å². The highest BCUT2D eigenvalue weighted by molar-refractivity contribution is 7.84. The van der Waals surface area contributed by atoms with Gasteiger partial charge in [-0.2, -0.15) is 0 Å². The lowest BCUT2D eigenvalue weighted by atomic mass is 10.1. The summed E-state index contributed by atoms with van der Waals surface area (Å²) >= 11 is 0. The van der Waals surface area contributed by atoms with Crippen molar-refractivity contribution in [2.24, 2.45) is 0 Å². The molecule has 90 valence electrons. The van der Waals surface area contributed by atoms with Crippen molar-refractivity contribution in [3.05, 3.63) is 23.8 Å². The van der Waals surface area contributed by atoms with E-state index in [0.29, 0.717) is 6.04 Å². The first-order valence-corrected chi connectivity index (χ1v) is 7.14. The Kier molecular flexibility index (Phi) is 4.80. The van der Waals surface area contributed by atoms with E-state index in [1.165, 1.54) is 0 Å². The molecule has 0 fully saturated rings. The molecule has 4 heteroatoms. The molecule has 2 unspecified atom stereocenters. The third kappa shape index (κ3) is 4.23. The number of anilines is 2. The molecule has 0 saturated carbocycles. The number of nitrogen functional groups attached to an aromatic ring is 1. The Labute approximate surface area is 99.9 Å². The van der Waals surface area contributed by atoms with Gasteiger partial charge in [-0.05, 0) is 44.0 Å². The minimum Gasteiger partial charge on any atom is -0.399 e. The van der Waals surface area contributed by atoms with E-state index in [4.69, 9.17) is 5.73 Å². The molecule has 1 rings (SSSR count). The summed E-state index contributed by atoms with van der Waals surface area (Å²) in [6.45, 7) is 4.13. The maximum atomic E-state index is 11.0. The largest absolute Gasteiger partial charge is 0.399 e. The Hall–Kier alpha value is -1.03. The molecule has 0 bridgehead atoms. The van der Waals surface area contributed by atoms with E-state index in [9.17, 15) is 4.21 Å². The molecular formula is C12H20N2OS. The van der Waals surface area contributed by atoms with Crippen molar-refractivity contribution in [3.63, 3.8) is 0 Å². The normalized spacial score (nSPS) is 14.4. The van der Waals surface area contributed by atoms with E-state index in [-0.39, 0.29) is 0 Å². The van der Waals surface area contributed by atoms with Gasteiger partial charge in [0, 0.05) is 40.2 Å². The number of aryl methyl sites for hydroxylation is 1. The maximum absolute atomic E-state index is 11.0. The van der Waals surface area contributed by atoms with E-state index in [1.54, 1.807) is 6.26 Å². The number of benzene rings is 1. The highest BCUT2D eigenvalue weighted by atomic mass is 32.2. The van der Waals surface area contributed by atoms with Gasteiger partial charge in [-0.3, -0.25) is 4.21 Å². The lowest BCUT2D eigenvalue weighted by molar-refractivity contribution is 0.678. The predicted octanol–water partition coefficient (Wildman–Crippen LogP) is 2.15. The SMILES string of the molecule is Cc1cc(N)ccc1NC(C)CCS(C)=O. The van der Waals surface area contributed by atoms with Crippen molar-refractivity contribution in [1.29, 1.82) is 0 Å². The van der Waals surface area contributed by atoms with E-state index >= 15 is 0 Å². The van der Waals surface area contributed by atoms with Gasteiger partial charge in [0.05, 0.1) is 0 Å². The molecule has 0 aromatic heterocycles. The van der Waals surface area contributed by atoms with Gasteiger partial charge >= 0.3 is 0 Å². The van der Waals surface area contributed by atoms with Crippen LogP contribution in [0.5, 0.6) is 0 Å². The zero-order chi connectivity index (χ0) is 12.1. The quantitative estimate of drug-likeness (QED) is 0.775. The monoisotopic (exact) mass is 240 g/mol. The van der Waals surface area contributed by atoms with Crippen molar-refractivity contribution in [2.75, 3.05) is 23.1 Å². The summed E-state index contributed by atoms with van der Waals surface area (Å²) in [6.07, 6.45) is 2.65. The van der Waals surface area contributed by atoms with E-state index in [2.05, 4.69) is 12.2 Å². The molecular weight excluding hydrogens is 220 g/mol. The molecule has 3 N–H and O–H groups in total. The molecule has 0 saturated heterocycles. The Morgan fingerprint density at radius 2 is 2.19 bits per heavy atom. The zero-order valence-electron chi connectivity index (χ0n) is 10.1. The Morgan fingerprint density at radius 1 is 1.50 bits per heavy atom. The first kappa shape index (κ1) is 13.0. The lowest BCUT2D eigenvalue weighted by Gasteiger charge is -2.16. The summed E-state index contributed by atoms with van der Waals surface area (Å²) < 4.78 is 11.0. The Bertz CT molecular complexity index is 379. The molecule has 0 aliphatic heterocycles. The van der Waals surface area contributed by atoms with Crippen molar-refractivity contribution in [2.45, 2.75) is 26.3 Å². The maximum Gasteiger partial charge on any atom is 0.0373 e. The first-order chi connectivity index (χ1) is 7.49. The number of hydrogen-bond acceptors (Lipinski definition) is 3. The molecule has 1 aromatic rings. The lowest BCUT2D eigenvalue weighted by Crippen LogP contribution is -2.18. The molecule has 3 nitrogen and oxygen atoms in total. The van der Waals surface area contributed by atoms with Crippen LogP contribution in [0, 0.1) is 6.92 Å². The van der Waals surface area contributed by atoms with Crippen molar-refractivity contribution in [3.8, 4) is 0 Å². The summed E-state index contributed by atoms with van der Waals surface area (Å²) in [5.74, 6) is 0.738. The van der Waals surface area contributed by atoms with E-state index < -0.39 is 10.8 Å². The smallest absolute Gasteiger partial charge is 0.0373 e. The van der Waals surface area contributed by atoms with E-state index in [0.717, 1.165) is 29.1 Å². The fourth-order valence-corrected chi connectivity index (χ4v) is 2.21. The number of rotatable bonds is 5. The molecule has 0 heterocycles. The first-order valence-electron chi connectivity index (χ1n) is 5.41. The molecule has 0 radical (unpaired) electrons. The molecule has 1 aromatic carbocycles. The number of hydrogen-bond donors (Lipinski definition) is 2.